The highest BCUT2D eigenvalue weighted by molar-refractivity contribution is 7.86. The van der Waals surface area contributed by atoms with Crippen molar-refractivity contribution in [3.05, 3.63) is 29.8 Å². The molecule has 1 aromatic carbocycles. The Morgan fingerprint density at radius 2 is 1.85 bits per heavy atom. The first-order valence-electron chi connectivity index (χ1n) is 3.38. The average molecular weight is 202 g/mol. The highest BCUT2D eigenvalue weighted by atomic mass is 32.2. The summed E-state index contributed by atoms with van der Waals surface area (Å²) in [6.07, 6.45) is 0. The highest BCUT2D eigenvalue weighted by Crippen LogP contribution is 2.25. The van der Waals surface area contributed by atoms with Gasteiger partial charge in [-0.25, -0.2) is 5.73 Å². The van der Waals surface area contributed by atoms with E-state index in [0.29, 0.717) is 0 Å². The van der Waals surface area contributed by atoms with E-state index in [0.717, 1.165) is 0 Å². The van der Waals surface area contributed by atoms with Crippen molar-refractivity contribution in [1.29, 1.82) is 0 Å². The summed E-state index contributed by atoms with van der Waals surface area (Å²) in [5.41, 5.74) is 6.97. The van der Waals surface area contributed by atoms with Gasteiger partial charge in [0.05, 0.1) is 0 Å². The van der Waals surface area contributed by atoms with E-state index in [1.165, 1.54) is 24.3 Å². The lowest BCUT2D eigenvalue weighted by molar-refractivity contribution is 0.449. The molecule has 1 rings (SSSR count). The van der Waals surface area contributed by atoms with Gasteiger partial charge in [0.25, 0.3) is 10.1 Å². The van der Waals surface area contributed by atoms with Crippen LogP contribution in [0.4, 0.5) is 0 Å². The van der Waals surface area contributed by atoms with E-state index >= 15 is 0 Å². The zero-order chi connectivity index (χ0) is 10.1. The summed E-state index contributed by atoms with van der Waals surface area (Å²) in [4.78, 5) is 0. The molecular weight excluding hydrogens is 194 g/mol. The third-order valence-corrected chi connectivity index (χ3v) is 2.37. The lowest BCUT2D eigenvalue weighted by Crippen LogP contribution is -2.12. The third-order valence-electron chi connectivity index (χ3n) is 1.52. The summed E-state index contributed by atoms with van der Waals surface area (Å²) in [6.45, 7) is 0. The molecule has 0 amide bonds. The van der Waals surface area contributed by atoms with Gasteiger partial charge in [0.2, 0.25) is 0 Å². The van der Waals surface area contributed by atoms with Crippen LogP contribution in [-0.2, 0) is 10.1 Å². The predicted molar refractivity (Wildman–Crippen MR) is 45.5 cm³/mol. The quantitative estimate of drug-likeness (QED) is 0.684. The van der Waals surface area contributed by atoms with Gasteiger partial charge in [0.1, 0.15) is 5.75 Å². The van der Waals surface area contributed by atoms with E-state index in [1.54, 1.807) is 0 Å². The largest absolute Gasteiger partial charge is 0.508 e. The minimum absolute atomic E-state index is 0.134. The van der Waals surface area contributed by atoms with Crippen LogP contribution in [0.1, 0.15) is 10.9 Å². The van der Waals surface area contributed by atoms with E-state index in [-0.39, 0.29) is 11.3 Å². The Balaban J connectivity index is 3.17. The smallest absolute Gasteiger partial charge is 0.286 e. The molecule has 3 N–H and O–H groups in total. The van der Waals surface area contributed by atoms with Crippen LogP contribution in [0.2, 0.25) is 0 Å². The van der Waals surface area contributed by atoms with Gasteiger partial charge in [0, 0.05) is 5.56 Å². The molecule has 1 radical (unpaired) electrons. The van der Waals surface area contributed by atoms with E-state index in [1.807, 2.05) is 0 Å². The molecule has 0 saturated carbocycles. The minimum atomic E-state index is -4.47. The van der Waals surface area contributed by atoms with Crippen LogP contribution in [0.3, 0.4) is 0 Å². The number of rotatable bonds is 2. The molecule has 13 heavy (non-hydrogen) atoms. The van der Waals surface area contributed by atoms with Crippen LogP contribution in [0, 0.1) is 0 Å². The standard InChI is InChI=1S/C7H8NO4S/c8-7(13(10,11)12)5-3-1-2-4-6(5)9/h1-4,7-9H,(H,10,11,12). The molecule has 0 aromatic heterocycles. The van der Waals surface area contributed by atoms with Gasteiger partial charge < -0.3 is 5.11 Å². The lowest BCUT2D eigenvalue weighted by Gasteiger charge is -2.08. The van der Waals surface area contributed by atoms with Crippen LogP contribution in [-0.4, -0.2) is 18.1 Å². The average Bonchev–Trinajstić information content (AvgIpc) is 2.02. The second kappa shape index (κ2) is 3.33. The summed E-state index contributed by atoms with van der Waals surface area (Å²) in [7, 11) is -4.47. The van der Waals surface area contributed by atoms with Crippen LogP contribution in [0.25, 0.3) is 0 Å². The van der Waals surface area contributed by atoms with E-state index in [9.17, 15) is 8.42 Å². The van der Waals surface area contributed by atoms with Crippen molar-refractivity contribution in [3.63, 3.8) is 0 Å². The molecule has 6 heteroatoms. The van der Waals surface area contributed by atoms with Crippen molar-refractivity contribution >= 4 is 10.1 Å². The van der Waals surface area contributed by atoms with Gasteiger partial charge in [-0.15, -0.1) is 0 Å². The molecule has 0 bridgehead atoms. The van der Waals surface area contributed by atoms with Crippen molar-refractivity contribution < 1.29 is 18.1 Å². The van der Waals surface area contributed by atoms with Crippen molar-refractivity contribution in [3.8, 4) is 5.75 Å². The maximum atomic E-state index is 10.5. The monoisotopic (exact) mass is 202 g/mol. The fourth-order valence-corrected chi connectivity index (χ4v) is 1.39. The Kier molecular flexibility index (Phi) is 2.55. The summed E-state index contributed by atoms with van der Waals surface area (Å²) in [6, 6.07) is 5.49. The van der Waals surface area contributed by atoms with Gasteiger partial charge in [0.15, 0.2) is 5.37 Å². The number of nitrogens with one attached hydrogen (secondary N) is 1. The molecular formula is C7H8NO4S. The zero-order valence-corrected chi connectivity index (χ0v) is 7.32. The van der Waals surface area contributed by atoms with E-state index in [2.05, 4.69) is 0 Å². The lowest BCUT2D eigenvalue weighted by atomic mass is 10.2. The number of phenols is 1. The first-order valence-corrected chi connectivity index (χ1v) is 4.88. The summed E-state index contributed by atoms with van der Waals surface area (Å²) in [5.74, 6) is -0.319. The zero-order valence-electron chi connectivity index (χ0n) is 6.51. The molecule has 1 atom stereocenters. The van der Waals surface area contributed by atoms with Gasteiger partial charge in [-0.3, -0.25) is 4.55 Å². The number of hydrogen-bond acceptors (Lipinski definition) is 3. The highest BCUT2D eigenvalue weighted by Gasteiger charge is 2.23. The number of hydrogen-bond donors (Lipinski definition) is 2. The van der Waals surface area contributed by atoms with Crippen LogP contribution >= 0.6 is 0 Å². The molecule has 71 valence electrons. The second-order valence-electron chi connectivity index (χ2n) is 2.45. The minimum Gasteiger partial charge on any atom is -0.508 e. The van der Waals surface area contributed by atoms with Gasteiger partial charge >= 0.3 is 0 Å². The molecule has 0 heterocycles. The maximum absolute atomic E-state index is 10.5. The van der Waals surface area contributed by atoms with Crippen LogP contribution in [0.5, 0.6) is 5.75 Å². The van der Waals surface area contributed by atoms with Gasteiger partial charge in [-0.2, -0.15) is 8.42 Å². The van der Waals surface area contributed by atoms with E-state index < -0.39 is 15.5 Å². The predicted octanol–water partition coefficient (Wildman–Crippen LogP) is 0.561. The molecule has 0 aliphatic carbocycles. The molecule has 0 saturated heterocycles. The fraction of sp³-hybridized carbons (Fsp3) is 0.143. The Labute approximate surface area is 75.6 Å². The van der Waals surface area contributed by atoms with Crippen molar-refractivity contribution in [2.75, 3.05) is 0 Å². The number of benzene rings is 1. The fourth-order valence-electron chi connectivity index (χ4n) is 0.870. The second-order valence-corrected chi connectivity index (χ2v) is 3.96. The van der Waals surface area contributed by atoms with Crippen LogP contribution in [0.15, 0.2) is 24.3 Å². The topological polar surface area (TPSA) is 98.4 Å². The van der Waals surface area contributed by atoms with Crippen LogP contribution < -0.4 is 5.73 Å². The number of aromatic hydroxyl groups is 1. The van der Waals surface area contributed by atoms with Crippen molar-refractivity contribution in [1.82, 2.24) is 5.73 Å². The molecule has 1 unspecified atom stereocenters. The van der Waals surface area contributed by atoms with Gasteiger partial charge in [-0.05, 0) is 6.07 Å². The summed E-state index contributed by atoms with van der Waals surface area (Å²) in [5, 5.41) is 7.30. The first-order chi connectivity index (χ1) is 5.93. The Bertz CT molecular complexity index is 401. The maximum Gasteiger partial charge on any atom is 0.286 e. The Morgan fingerprint density at radius 1 is 1.31 bits per heavy atom. The molecule has 0 aliphatic heterocycles. The third kappa shape index (κ3) is 2.18. The first kappa shape index (κ1) is 9.97. The summed E-state index contributed by atoms with van der Waals surface area (Å²) >= 11 is 0. The normalized spacial score (nSPS) is 14.0. The Hall–Kier alpha value is -1.11. The van der Waals surface area contributed by atoms with Gasteiger partial charge in [-0.1, -0.05) is 18.2 Å². The number of para-hydroxylation sites is 1. The summed E-state index contributed by atoms with van der Waals surface area (Å²) < 4.78 is 29.6. The number of phenolic OH excluding ortho intramolecular Hbond substituents is 1. The Morgan fingerprint density at radius 3 is 2.31 bits per heavy atom. The molecule has 5 nitrogen and oxygen atoms in total. The van der Waals surface area contributed by atoms with Crippen molar-refractivity contribution in [2.24, 2.45) is 0 Å². The molecule has 0 aliphatic rings. The molecule has 0 spiro atoms. The molecule has 0 fully saturated rings. The van der Waals surface area contributed by atoms with Crippen molar-refractivity contribution in [2.45, 2.75) is 5.37 Å². The van der Waals surface area contributed by atoms with E-state index in [4.69, 9.17) is 15.4 Å². The SMILES string of the molecule is [NH]C(c1ccccc1O)S(=O)(=O)O. The molecule has 1 aromatic rings.